The van der Waals surface area contributed by atoms with Crippen molar-refractivity contribution in [3.05, 3.63) is 70.8 Å². The number of amidine groups is 2. The molecule has 0 atom stereocenters. The van der Waals surface area contributed by atoms with E-state index in [-0.39, 0.29) is 44.7 Å². The van der Waals surface area contributed by atoms with Gasteiger partial charge < -0.3 is 5.73 Å². The lowest BCUT2D eigenvalue weighted by molar-refractivity contribution is -0.127. The van der Waals surface area contributed by atoms with Gasteiger partial charge in [-0.2, -0.15) is 8.78 Å². The van der Waals surface area contributed by atoms with Crippen LogP contribution in [0.1, 0.15) is 16.7 Å². The molecule has 3 aromatic carbocycles. The number of nitrogens with zero attached hydrogens (tertiary/aromatic N) is 1. The van der Waals surface area contributed by atoms with Crippen LogP contribution in [-0.4, -0.2) is 24.0 Å². The minimum atomic E-state index is -4.23. The van der Waals surface area contributed by atoms with Crippen LogP contribution < -0.4 is 5.73 Å². The van der Waals surface area contributed by atoms with Gasteiger partial charge in [-0.1, -0.05) is 24.3 Å². The molecule has 154 valence electrons. The summed E-state index contributed by atoms with van der Waals surface area (Å²) in [6.45, 7) is 0. The monoisotopic (exact) mass is 421 g/mol. The highest BCUT2D eigenvalue weighted by molar-refractivity contribution is 6.26. The van der Waals surface area contributed by atoms with Gasteiger partial charge in [0.2, 0.25) is 0 Å². The van der Waals surface area contributed by atoms with Crippen molar-refractivity contribution >= 4 is 22.4 Å². The fourth-order valence-electron chi connectivity index (χ4n) is 3.57. The van der Waals surface area contributed by atoms with Gasteiger partial charge in [0.25, 0.3) is 0 Å². The van der Waals surface area contributed by atoms with Crippen molar-refractivity contribution in [3.63, 3.8) is 0 Å². The lowest BCUT2D eigenvalue weighted by atomic mass is 9.88. The Morgan fingerprint density at radius 3 is 2.40 bits per heavy atom. The van der Waals surface area contributed by atoms with E-state index >= 15 is 0 Å². The maximum Gasteiger partial charge on any atom is 0.311 e. The summed E-state index contributed by atoms with van der Waals surface area (Å²) >= 11 is 0. The van der Waals surface area contributed by atoms with E-state index in [0.717, 1.165) is 12.1 Å². The molecule has 0 unspecified atom stereocenters. The molecule has 0 fully saturated rings. The van der Waals surface area contributed by atoms with E-state index in [2.05, 4.69) is 4.99 Å². The highest BCUT2D eigenvalue weighted by Crippen LogP contribution is 2.39. The molecule has 3 aromatic rings. The number of fused-ring (bicyclic) bond motifs is 2. The fourth-order valence-corrected chi connectivity index (χ4v) is 3.57. The highest BCUT2D eigenvalue weighted by Gasteiger charge is 2.40. The minimum absolute atomic E-state index is 0.00303. The quantitative estimate of drug-likeness (QED) is 0.554. The molecule has 9 heteroatoms. The fraction of sp³-hybridized carbons (Fsp3) is 0.143. The van der Waals surface area contributed by atoms with Crippen molar-refractivity contribution in [2.45, 2.75) is 18.8 Å². The van der Waals surface area contributed by atoms with Gasteiger partial charge in [-0.25, -0.2) is 22.6 Å². The zero-order valence-electron chi connectivity index (χ0n) is 15.1. The number of hydrogen-bond donors (Lipinski definition) is 2. The van der Waals surface area contributed by atoms with Crippen molar-refractivity contribution in [2.75, 3.05) is 0 Å². The van der Waals surface area contributed by atoms with Crippen LogP contribution in [-0.2, 0) is 6.42 Å². The van der Waals surface area contributed by atoms with Crippen LogP contribution in [0.4, 0.5) is 26.3 Å². The Morgan fingerprint density at radius 1 is 1.00 bits per heavy atom. The number of aliphatic imine (C=N–C) groups is 1. The zero-order valence-corrected chi connectivity index (χ0v) is 15.1. The van der Waals surface area contributed by atoms with E-state index in [0.29, 0.717) is 5.56 Å². The van der Waals surface area contributed by atoms with Crippen LogP contribution in [0.5, 0.6) is 0 Å². The lowest BCUT2D eigenvalue weighted by Crippen LogP contribution is -2.29. The summed E-state index contributed by atoms with van der Waals surface area (Å²) < 4.78 is 80.1. The summed E-state index contributed by atoms with van der Waals surface area (Å²) in [5.41, 5.74) is 6.81. The number of rotatable bonds is 4. The second-order valence-corrected chi connectivity index (χ2v) is 6.95. The number of nitrogens with one attached hydrogen (secondary N) is 1. The number of benzene rings is 3. The third-order valence-corrected chi connectivity index (χ3v) is 4.90. The first-order chi connectivity index (χ1) is 14.1. The molecule has 0 amide bonds. The Bertz CT molecular complexity index is 1230. The first-order valence-corrected chi connectivity index (χ1v) is 8.73. The van der Waals surface area contributed by atoms with Crippen LogP contribution in [0.3, 0.4) is 0 Å². The summed E-state index contributed by atoms with van der Waals surface area (Å²) in [4.78, 5) is 3.89. The summed E-state index contributed by atoms with van der Waals surface area (Å²) in [6, 6.07) is 8.77. The number of nitrogens with two attached hydrogens (primary N) is 1. The molecular formula is C21H13F6N3. The third-order valence-electron chi connectivity index (χ3n) is 4.90. The number of halogens is 6. The number of alkyl halides is 4. The Kier molecular flexibility index (Phi) is 4.56. The summed E-state index contributed by atoms with van der Waals surface area (Å²) in [5.74, 6) is -6.69. The van der Waals surface area contributed by atoms with Crippen molar-refractivity contribution in [2.24, 2.45) is 10.7 Å². The molecule has 1 heterocycles. The predicted molar refractivity (Wildman–Crippen MR) is 102 cm³/mol. The molecule has 3 nitrogen and oxygen atoms in total. The zero-order chi connectivity index (χ0) is 21.8. The van der Waals surface area contributed by atoms with Crippen LogP contribution in [0.15, 0.2) is 47.5 Å². The summed E-state index contributed by atoms with van der Waals surface area (Å²) in [5, 5.41) is 8.59. The Labute approximate surface area is 166 Å². The van der Waals surface area contributed by atoms with E-state index < -0.39 is 30.4 Å². The summed E-state index contributed by atoms with van der Waals surface area (Å²) in [6.07, 6.45) is -5.04. The molecule has 0 bridgehead atoms. The van der Waals surface area contributed by atoms with E-state index in [9.17, 15) is 26.3 Å². The van der Waals surface area contributed by atoms with Gasteiger partial charge in [0, 0.05) is 23.1 Å². The molecule has 0 aromatic heterocycles. The Balaban J connectivity index is 1.98. The predicted octanol–water partition coefficient (Wildman–Crippen LogP) is 5.27. The molecule has 1 aliphatic heterocycles. The highest BCUT2D eigenvalue weighted by atomic mass is 19.3. The molecule has 0 saturated heterocycles. The molecular weight excluding hydrogens is 408 g/mol. The average Bonchev–Trinajstić information content (AvgIpc) is 2.94. The van der Waals surface area contributed by atoms with E-state index in [1.807, 2.05) is 0 Å². The largest absolute Gasteiger partial charge is 0.383 e. The maximum atomic E-state index is 14.0. The van der Waals surface area contributed by atoms with Crippen molar-refractivity contribution < 1.29 is 26.3 Å². The van der Waals surface area contributed by atoms with Gasteiger partial charge in [-0.3, -0.25) is 5.41 Å². The molecule has 3 N–H and O–H groups in total. The lowest BCUT2D eigenvalue weighted by Gasteiger charge is -2.17. The normalized spacial score (nSPS) is 13.8. The van der Waals surface area contributed by atoms with Gasteiger partial charge in [-0.15, -0.1) is 0 Å². The minimum Gasteiger partial charge on any atom is -0.383 e. The van der Waals surface area contributed by atoms with Crippen molar-refractivity contribution in [1.29, 1.82) is 5.41 Å². The molecule has 0 saturated carbocycles. The van der Waals surface area contributed by atoms with Gasteiger partial charge in [0.15, 0.2) is 17.5 Å². The first-order valence-electron chi connectivity index (χ1n) is 8.73. The van der Waals surface area contributed by atoms with Crippen LogP contribution >= 0.6 is 0 Å². The van der Waals surface area contributed by atoms with Crippen LogP contribution in [0.2, 0.25) is 0 Å². The van der Waals surface area contributed by atoms with Crippen LogP contribution in [0, 0.1) is 17.0 Å². The second kappa shape index (κ2) is 6.86. The van der Waals surface area contributed by atoms with E-state index in [1.54, 1.807) is 0 Å². The smallest absolute Gasteiger partial charge is 0.311 e. The van der Waals surface area contributed by atoms with Crippen LogP contribution in [0.25, 0.3) is 21.9 Å². The van der Waals surface area contributed by atoms with E-state index in [1.165, 1.54) is 30.3 Å². The third kappa shape index (κ3) is 3.20. The van der Waals surface area contributed by atoms with Crippen molar-refractivity contribution in [1.82, 2.24) is 0 Å². The SMILES string of the molecule is N=C1N=C(N)c2cc3cc(F)c(F)cc3c(-c3cccc(CC(F)(F)C(F)F)c3)c21. The van der Waals surface area contributed by atoms with Gasteiger partial charge in [0.1, 0.15) is 5.84 Å². The average molecular weight is 421 g/mol. The standard InChI is InChI=1S/C21H13F6N3/c22-14-6-11-5-13-17(19(29)30-18(13)28)16(12(11)7-15(14)23)10-3-1-2-9(4-10)8-21(26,27)20(24)25/h1-7,20H,8H2,(H3,28,29,30). The molecule has 30 heavy (non-hydrogen) atoms. The van der Waals surface area contributed by atoms with Crippen molar-refractivity contribution in [3.8, 4) is 11.1 Å². The molecule has 4 rings (SSSR count). The van der Waals surface area contributed by atoms with E-state index in [4.69, 9.17) is 11.1 Å². The van der Waals surface area contributed by atoms with Gasteiger partial charge in [0.05, 0.1) is 0 Å². The maximum absolute atomic E-state index is 14.0. The molecule has 1 aliphatic rings. The van der Waals surface area contributed by atoms with Gasteiger partial charge in [-0.05, 0) is 40.1 Å². The molecule has 0 radical (unpaired) electrons. The molecule has 0 spiro atoms. The Morgan fingerprint density at radius 2 is 1.70 bits per heavy atom. The number of hydrogen-bond acceptors (Lipinski definition) is 2. The first kappa shape index (κ1) is 19.9. The second-order valence-electron chi connectivity index (χ2n) is 6.95. The molecule has 0 aliphatic carbocycles. The topological polar surface area (TPSA) is 62.2 Å². The summed E-state index contributed by atoms with van der Waals surface area (Å²) in [7, 11) is 0. The van der Waals surface area contributed by atoms with Gasteiger partial charge >= 0.3 is 12.3 Å². The Hall–Kier alpha value is -3.36.